The Morgan fingerprint density at radius 2 is 1.83 bits per heavy atom. The number of rotatable bonds is 6. The maximum atomic E-state index is 13.5. The van der Waals surface area contributed by atoms with Crippen molar-refractivity contribution in [2.45, 2.75) is 13.0 Å². The number of benzene rings is 2. The van der Waals surface area contributed by atoms with Crippen LogP contribution in [0, 0.1) is 5.82 Å². The predicted octanol–water partition coefficient (Wildman–Crippen LogP) is 3.16. The van der Waals surface area contributed by atoms with E-state index in [0.717, 1.165) is 16.3 Å². The molecule has 0 atom stereocenters. The number of amides is 1. The average Bonchev–Trinajstić information content (AvgIpc) is 3.06. The van der Waals surface area contributed by atoms with Crippen LogP contribution in [0.5, 0.6) is 11.5 Å². The second-order valence-electron chi connectivity index (χ2n) is 5.96. The molecule has 3 aromatic rings. The number of carbonyl (C=O) groups is 2. The van der Waals surface area contributed by atoms with Crippen molar-refractivity contribution in [3.05, 3.63) is 52.6 Å². The maximum Gasteiger partial charge on any atom is 0.307 e. The topological polar surface area (TPSA) is 79.1 Å². The van der Waals surface area contributed by atoms with Crippen LogP contribution < -0.4 is 14.3 Å². The van der Waals surface area contributed by atoms with E-state index in [1.807, 2.05) is 0 Å². The fourth-order valence-electron chi connectivity index (χ4n) is 2.78. The third-order valence-corrected chi connectivity index (χ3v) is 5.27. The summed E-state index contributed by atoms with van der Waals surface area (Å²) in [5, 5.41) is 0. The van der Waals surface area contributed by atoms with E-state index < -0.39 is 11.7 Å². The van der Waals surface area contributed by atoms with Crippen LogP contribution in [0.2, 0.25) is 0 Å². The zero-order chi connectivity index (χ0) is 21.0. The molecule has 0 N–H and O–H groups in total. The second kappa shape index (κ2) is 8.87. The summed E-state index contributed by atoms with van der Waals surface area (Å²) in [5.41, 5.74) is 0.861. The van der Waals surface area contributed by atoms with Gasteiger partial charge in [-0.25, -0.2) is 4.39 Å². The van der Waals surface area contributed by atoms with Gasteiger partial charge in [-0.05, 0) is 18.2 Å². The lowest BCUT2D eigenvalue weighted by molar-refractivity contribution is -0.140. The number of hydrogen-bond donors (Lipinski definition) is 0. The number of methoxy groups -OCH3 is 3. The number of carbonyl (C=O) groups excluding carboxylic acids is 2. The van der Waals surface area contributed by atoms with E-state index in [-0.39, 0.29) is 24.5 Å². The quantitative estimate of drug-likeness (QED) is 0.575. The summed E-state index contributed by atoms with van der Waals surface area (Å²) in [5.74, 6) is -0.450. The molecule has 2 aromatic carbocycles. The number of esters is 1. The summed E-state index contributed by atoms with van der Waals surface area (Å²) in [7, 11) is 4.36. The molecule has 1 amide bonds. The molecule has 1 heterocycles. The Morgan fingerprint density at radius 1 is 1.10 bits per heavy atom. The molecule has 0 aliphatic carbocycles. The van der Waals surface area contributed by atoms with Crippen molar-refractivity contribution in [3.63, 3.8) is 0 Å². The van der Waals surface area contributed by atoms with Gasteiger partial charge in [0, 0.05) is 24.2 Å². The number of hydrogen-bond acceptors (Lipinski definition) is 6. The predicted molar refractivity (Wildman–Crippen MR) is 106 cm³/mol. The maximum absolute atomic E-state index is 13.5. The minimum atomic E-state index is -0.582. The van der Waals surface area contributed by atoms with E-state index in [0.29, 0.717) is 16.3 Å². The van der Waals surface area contributed by atoms with E-state index >= 15 is 0 Å². The molecule has 0 aliphatic rings. The van der Waals surface area contributed by atoms with Crippen molar-refractivity contribution >= 4 is 33.4 Å². The second-order valence-corrected chi connectivity index (χ2v) is 6.97. The van der Waals surface area contributed by atoms with Crippen LogP contribution in [-0.2, 0) is 16.1 Å². The van der Waals surface area contributed by atoms with Gasteiger partial charge in [0.15, 0.2) is 16.3 Å². The number of nitrogens with zero attached hydrogens (tertiary/aromatic N) is 2. The van der Waals surface area contributed by atoms with Gasteiger partial charge in [0.2, 0.25) is 0 Å². The highest BCUT2D eigenvalue weighted by Gasteiger charge is 2.15. The normalized spacial score (nSPS) is 11.5. The molecule has 9 heteroatoms. The van der Waals surface area contributed by atoms with Gasteiger partial charge in [0.1, 0.15) is 5.82 Å². The summed E-state index contributed by atoms with van der Waals surface area (Å²) >= 11 is 1.25. The Labute approximate surface area is 170 Å². The summed E-state index contributed by atoms with van der Waals surface area (Å²) in [6.07, 6.45) is 0.0953. The standard InChI is InChI=1S/C20H19FN2O5S/c1-26-15-10-14-17(11-16(15)27-2)29-20(23(14)8-7-18(24)28-3)22-19(25)12-5-4-6-13(21)9-12/h4-6,9-11H,7-8H2,1-3H3. The minimum absolute atomic E-state index is 0.0953. The molecule has 1 aromatic heterocycles. The Bertz CT molecular complexity index is 1140. The first kappa shape index (κ1) is 20.5. The Kier molecular flexibility index (Phi) is 6.28. The van der Waals surface area contributed by atoms with Gasteiger partial charge in [0.25, 0.3) is 5.91 Å². The van der Waals surface area contributed by atoms with Gasteiger partial charge >= 0.3 is 5.97 Å². The summed E-state index contributed by atoms with van der Waals surface area (Å²) < 4.78 is 31.4. The van der Waals surface area contributed by atoms with Gasteiger partial charge in [-0.1, -0.05) is 17.4 Å². The molecule has 0 fully saturated rings. The Morgan fingerprint density at radius 3 is 2.48 bits per heavy atom. The Hall–Kier alpha value is -3.20. The lowest BCUT2D eigenvalue weighted by Crippen LogP contribution is -2.19. The van der Waals surface area contributed by atoms with E-state index in [1.165, 1.54) is 50.9 Å². The third kappa shape index (κ3) is 4.45. The average molecular weight is 418 g/mol. The van der Waals surface area contributed by atoms with E-state index in [9.17, 15) is 14.0 Å². The highest BCUT2D eigenvalue weighted by molar-refractivity contribution is 7.16. The van der Waals surface area contributed by atoms with E-state index in [4.69, 9.17) is 14.2 Å². The molecule has 0 bridgehead atoms. The fourth-order valence-corrected chi connectivity index (χ4v) is 3.84. The van der Waals surface area contributed by atoms with Crippen LogP contribution in [0.4, 0.5) is 4.39 Å². The molecule has 0 unspecified atom stereocenters. The molecular weight excluding hydrogens is 399 g/mol. The van der Waals surface area contributed by atoms with Crippen LogP contribution >= 0.6 is 11.3 Å². The zero-order valence-electron chi connectivity index (χ0n) is 16.1. The van der Waals surface area contributed by atoms with Crippen molar-refractivity contribution < 1.29 is 28.2 Å². The molecule has 7 nitrogen and oxygen atoms in total. The first-order valence-electron chi connectivity index (χ1n) is 8.63. The molecule has 3 rings (SSSR count). The number of ether oxygens (including phenoxy) is 3. The van der Waals surface area contributed by atoms with Gasteiger partial charge in [-0.15, -0.1) is 0 Å². The minimum Gasteiger partial charge on any atom is -0.493 e. The third-order valence-electron chi connectivity index (χ3n) is 4.22. The van der Waals surface area contributed by atoms with Crippen molar-refractivity contribution in [2.24, 2.45) is 4.99 Å². The van der Waals surface area contributed by atoms with Gasteiger partial charge in [0.05, 0.1) is 38.0 Å². The molecular formula is C20H19FN2O5S. The van der Waals surface area contributed by atoms with E-state index in [2.05, 4.69) is 4.99 Å². The molecule has 0 saturated carbocycles. The van der Waals surface area contributed by atoms with Crippen LogP contribution in [-0.4, -0.2) is 37.8 Å². The Balaban J connectivity index is 2.15. The monoisotopic (exact) mass is 418 g/mol. The van der Waals surface area contributed by atoms with Gasteiger partial charge in [-0.2, -0.15) is 4.99 Å². The largest absolute Gasteiger partial charge is 0.493 e. The zero-order valence-corrected chi connectivity index (χ0v) is 16.9. The lowest BCUT2D eigenvalue weighted by atomic mass is 10.2. The van der Waals surface area contributed by atoms with Gasteiger partial charge in [-0.3, -0.25) is 9.59 Å². The number of aromatic nitrogens is 1. The molecule has 0 spiro atoms. The van der Waals surface area contributed by atoms with E-state index in [1.54, 1.807) is 16.7 Å². The van der Waals surface area contributed by atoms with Crippen LogP contribution in [0.15, 0.2) is 41.4 Å². The van der Waals surface area contributed by atoms with Crippen molar-refractivity contribution in [3.8, 4) is 11.5 Å². The van der Waals surface area contributed by atoms with Crippen molar-refractivity contribution in [1.82, 2.24) is 4.57 Å². The van der Waals surface area contributed by atoms with Crippen LogP contribution in [0.3, 0.4) is 0 Å². The van der Waals surface area contributed by atoms with Crippen molar-refractivity contribution in [1.29, 1.82) is 0 Å². The summed E-state index contributed by atoms with van der Waals surface area (Å²) in [6, 6.07) is 8.86. The molecule has 152 valence electrons. The van der Waals surface area contributed by atoms with Crippen LogP contribution in [0.1, 0.15) is 16.8 Å². The molecule has 29 heavy (non-hydrogen) atoms. The first-order chi connectivity index (χ1) is 14.0. The number of thiazole rings is 1. The molecule has 0 aliphatic heterocycles. The molecule has 0 saturated heterocycles. The van der Waals surface area contributed by atoms with Crippen molar-refractivity contribution in [2.75, 3.05) is 21.3 Å². The summed E-state index contributed by atoms with van der Waals surface area (Å²) in [6.45, 7) is 0.247. The fraction of sp³-hybridized carbons (Fsp3) is 0.250. The number of aryl methyl sites for hydroxylation is 1. The first-order valence-corrected chi connectivity index (χ1v) is 9.45. The smallest absolute Gasteiger partial charge is 0.307 e. The molecule has 0 radical (unpaired) electrons. The highest BCUT2D eigenvalue weighted by Crippen LogP contribution is 2.33. The van der Waals surface area contributed by atoms with Crippen LogP contribution in [0.25, 0.3) is 10.2 Å². The highest BCUT2D eigenvalue weighted by atomic mass is 32.1. The number of fused-ring (bicyclic) bond motifs is 1. The summed E-state index contributed by atoms with van der Waals surface area (Å²) in [4.78, 5) is 28.7. The van der Waals surface area contributed by atoms with Gasteiger partial charge < -0.3 is 18.8 Å². The number of halogens is 1. The SMILES string of the molecule is COC(=O)CCn1c(=NC(=O)c2cccc(F)c2)sc2cc(OC)c(OC)cc21. The lowest BCUT2D eigenvalue weighted by Gasteiger charge is -2.09.